The normalized spacial score (nSPS) is 15.4. The summed E-state index contributed by atoms with van der Waals surface area (Å²) in [6, 6.07) is 0. The highest BCUT2D eigenvalue weighted by molar-refractivity contribution is 8.76. The van der Waals surface area contributed by atoms with Gasteiger partial charge in [0.05, 0.1) is 0 Å². The fourth-order valence-electron chi connectivity index (χ4n) is 0.669. The van der Waals surface area contributed by atoms with E-state index in [2.05, 4.69) is 50.5 Å². The Bertz CT molecular complexity index is 106. The van der Waals surface area contributed by atoms with E-state index in [1.807, 2.05) is 21.6 Å². The van der Waals surface area contributed by atoms with Crippen molar-refractivity contribution in [2.75, 3.05) is 23.0 Å². The van der Waals surface area contributed by atoms with Crippen molar-refractivity contribution in [3.8, 4) is 0 Å². The third-order valence-electron chi connectivity index (χ3n) is 1.57. The Morgan fingerprint density at radius 2 is 1.14 bits per heavy atom. The maximum absolute atomic E-state index is 4.38. The second-order valence-corrected chi connectivity index (χ2v) is 7.79. The molecule has 0 aromatic rings. The Hall–Kier alpha value is 2.10. The van der Waals surface area contributed by atoms with Gasteiger partial charge < -0.3 is 0 Å². The van der Waals surface area contributed by atoms with Gasteiger partial charge in [0.1, 0.15) is 0 Å². The minimum Gasteiger partial charge on any atom is -0.178 e. The standard InChI is InChI=1S/C8H18S6/c9-5-7(11)1-3-13-14-4-2-8(12)6-10/h7-12H,1-6H2. The lowest BCUT2D eigenvalue weighted by Gasteiger charge is -2.07. The van der Waals surface area contributed by atoms with Crippen LogP contribution in [0.1, 0.15) is 12.8 Å². The minimum atomic E-state index is 0.446. The molecule has 0 saturated carbocycles. The average Bonchev–Trinajstić information content (AvgIpc) is 2.22. The highest BCUT2D eigenvalue weighted by Crippen LogP contribution is 2.25. The Labute approximate surface area is 118 Å². The van der Waals surface area contributed by atoms with Crippen molar-refractivity contribution < 1.29 is 0 Å². The maximum Gasteiger partial charge on any atom is 0.0113 e. The van der Waals surface area contributed by atoms with Gasteiger partial charge in [0, 0.05) is 33.5 Å². The van der Waals surface area contributed by atoms with Crippen molar-refractivity contribution in [3.63, 3.8) is 0 Å². The molecule has 86 valence electrons. The van der Waals surface area contributed by atoms with Gasteiger partial charge in [0.15, 0.2) is 0 Å². The Morgan fingerprint density at radius 1 is 0.786 bits per heavy atom. The zero-order valence-corrected chi connectivity index (χ0v) is 13.2. The van der Waals surface area contributed by atoms with E-state index in [0.29, 0.717) is 10.5 Å². The number of thiol groups is 4. The van der Waals surface area contributed by atoms with Gasteiger partial charge >= 0.3 is 0 Å². The number of hydrogen-bond donors (Lipinski definition) is 4. The molecule has 0 aliphatic carbocycles. The van der Waals surface area contributed by atoms with Crippen LogP contribution in [0.15, 0.2) is 0 Å². The molecular weight excluding hydrogens is 288 g/mol. The zero-order valence-electron chi connectivity index (χ0n) is 8.00. The van der Waals surface area contributed by atoms with E-state index in [1.54, 1.807) is 0 Å². The summed E-state index contributed by atoms with van der Waals surface area (Å²) in [6.07, 6.45) is 2.28. The van der Waals surface area contributed by atoms with Gasteiger partial charge in [-0.3, -0.25) is 0 Å². The summed E-state index contributed by atoms with van der Waals surface area (Å²) >= 11 is 17.1. The largest absolute Gasteiger partial charge is 0.178 e. The minimum absolute atomic E-state index is 0.446. The van der Waals surface area contributed by atoms with Gasteiger partial charge in [-0.15, -0.1) is 0 Å². The Morgan fingerprint density at radius 3 is 1.43 bits per heavy atom. The average molecular weight is 307 g/mol. The molecule has 0 nitrogen and oxygen atoms in total. The zero-order chi connectivity index (χ0) is 10.8. The lowest BCUT2D eigenvalue weighted by atomic mass is 10.4. The summed E-state index contributed by atoms with van der Waals surface area (Å²) < 4.78 is 0. The van der Waals surface area contributed by atoms with Crippen LogP contribution in [0, 0.1) is 0 Å². The summed E-state index contributed by atoms with van der Waals surface area (Å²) in [5.41, 5.74) is 0. The van der Waals surface area contributed by atoms with Gasteiger partial charge in [-0.1, -0.05) is 21.6 Å². The first-order valence-electron chi connectivity index (χ1n) is 4.53. The Balaban J connectivity index is 3.06. The van der Waals surface area contributed by atoms with Gasteiger partial charge in [-0.2, -0.15) is 50.5 Å². The molecule has 0 bridgehead atoms. The summed E-state index contributed by atoms with van der Waals surface area (Å²) in [7, 11) is 3.85. The van der Waals surface area contributed by atoms with Crippen LogP contribution in [0.4, 0.5) is 0 Å². The second kappa shape index (κ2) is 11.6. The first-order valence-corrected chi connectivity index (χ1v) is 9.31. The van der Waals surface area contributed by atoms with Crippen LogP contribution in [0.5, 0.6) is 0 Å². The molecular formula is C8H18S6. The van der Waals surface area contributed by atoms with Crippen LogP contribution < -0.4 is 0 Å². The summed E-state index contributed by atoms with van der Waals surface area (Å²) in [5.74, 6) is 4.06. The third-order valence-corrected chi connectivity index (χ3v) is 6.38. The molecule has 6 heteroatoms. The van der Waals surface area contributed by atoms with Gasteiger partial charge in [0.25, 0.3) is 0 Å². The third kappa shape index (κ3) is 10.6. The number of hydrogen-bond acceptors (Lipinski definition) is 6. The van der Waals surface area contributed by atoms with E-state index in [0.717, 1.165) is 35.9 Å². The van der Waals surface area contributed by atoms with E-state index in [-0.39, 0.29) is 0 Å². The Kier molecular flexibility index (Phi) is 13.3. The monoisotopic (exact) mass is 306 g/mol. The highest BCUT2D eigenvalue weighted by Gasteiger charge is 2.02. The maximum atomic E-state index is 4.38. The smallest absolute Gasteiger partial charge is 0.0113 e. The van der Waals surface area contributed by atoms with Crippen molar-refractivity contribution in [1.29, 1.82) is 0 Å². The van der Waals surface area contributed by atoms with E-state index in [1.165, 1.54) is 0 Å². The molecule has 0 aromatic carbocycles. The quantitative estimate of drug-likeness (QED) is 0.292. The molecule has 0 saturated heterocycles. The topological polar surface area (TPSA) is 0 Å². The predicted octanol–water partition coefficient (Wildman–Crippen LogP) is 3.60. The van der Waals surface area contributed by atoms with Crippen LogP contribution in [-0.2, 0) is 0 Å². The van der Waals surface area contributed by atoms with Crippen LogP contribution in [0.3, 0.4) is 0 Å². The summed E-state index contributed by atoms with van der Waals surface area (Å²) in [5, 5.41) is 0.892. The van der Waals surface area contributed by atoms with Crippen molar-refractivity contribution in [3.05, 3.63) is 0 Å². The lowest BCUT2D eigenvalue weighted by molar-refractivity contribution is 0.937. The second-order valence-electron chi connectivity index (χ2n) is 2.89. The molecule has 2 atom stereocenters. The van der Waals surface area contributed by atoms with Crippen molar-refractivity contribution in [2.45, 2.75) is 23.3 Å². The van der Waals surface area contributed by atoms with E-state index in [4.69, 9.17) is 0 Å². The summed E-state index contributed by atoms with van der Waals surface area (Å²) in [6.45, 7) is 0. The summed E-state index contributed by atoms with van der Waals surface area (Å²) in [4.78, 5) is 0. The molecule has 0 amide bonds. The number of rotatable bonds is 9. The van der Waals surface area contributed by atoms with Crippen LogP contribution in [0.2, 0.25) is 0 Å². The van der Waals surface area contributed by atoms with Crippen molar-refractivity contribution >= 4 is 72.1 Å². The molecule has 0 fully saturated rings. The van der Waals surface area contributed by atoms with Crippen molar-refractivity contribution in [1.82, 2.24) is 0 Å². The van der Waals surface area contributed by atoms with Gasteiger partial charge in [-0.05, 0) is 12.8 Å². The van der Waals surface area contributed by atoms with E-state index >= 15 is 0 Å². The van der Waals surface area contributed by atoms with Gasteiger partial charge in [-0.25, -0.2) is 0 Å². The first-order chi connectivity index (χ1) is 6.70. The van der Waals surface area contributed by atoms with Crippen LogP contribution in [-0.4, -0.2) is 33.5 Å². The van der Waals surface area contributed by atoms with E-state index in [9.17, 15) is 0 Å². The molecule has 0 radical (unpaired) electrons. The first kappa shape index (κ1) is 16.1. The predicted molar refractivity (Wildman–Crippen MR) is 87.4 cm³/mol. The van der Waals surface area contributed by atoms with E-state index < -0.39 is 0 Å². The molecule has 14 heavy (non-hydrogen) atoms. The SMILES string of the molecule is SCC(S)CCSSCCC(S)CS. The van der Waals surface area contributed by atoms with Crippen molar-refractivity contribution in [2.24, 2.45) is 0 Å². The molecule has 0 spiro atoms. The fraction of sp³-hybridized carbons (Fsp3) is 1.00. The lowest BCUT2D eigenvalue weighted by Crippen LogP contribution is -2.02. The van der Waals surface area contributed by atoms with Crippen LogP contribution >= 0.6 is 72.1 Å². The molecule has 0 aromatic heterocycles. The van der Waals surface area contributed by atoms with Gasteiger partial charge in [0.2, 0.25) is 0 Å². The molecule has 0 aliphatic rings. The van der Waals surface area contributed by atoms with Crippen LogP contribution in [0.25, 0.3) is 0 Å². The molecule has 2 unspecified atom stereocenters. The molecule has 0 N–H and O–H groups in total. The molecule has 0 aliphatic heterocycles. The molecule has 0 heterocycles. The fourth-order valence-corrected chi connectivity index (χ4v) is 3.92. The molecule has 0 rings (SSSR count). The highest BCUT2D eigenvalue weighted by atomic mass is 33.1.